The molecule has 0 atom stereocenters. The quantitative estimate of drug-likeness (QED) is 0.621. The Morgan fingerprint density at radius 1 is 1.06 bits per heavy atom. The van der Waals surface area contributed by atoms with Gasteiger partial charge in [-0.25, -0.2) is 0 Å². The topological polar surface area (TPSA) is 32.8 Å². The average Bonchev–Trinajstić information content (AvgIpc) is 2.99. The highest BCUT2D eigenvalue weighted by molar-refractivity contribution is 5.73. The number of nitrogens with zero attached hydrogens (tertiary/aromatic N) is 2. The molecule has 2 aliphatic rings. The van der Waals surface area contributed by atoms with E-state index in [2.05, 4.69) is 54.3 Å². The number of amides is 1. The molecule has 1 fully saturated rings. The van der Waals surface area contributed by atoms with E-state index in [9.17, 15) is 4.79 Å². The molecule has 31 heavy (non-hydrogen) atoms. The van der Waals surface area contributed by atoms with E-state index in [1.165, 1.54) is 48.2 Å². The Morgan fingerprint density at radius 2 is 1.90 bits per heavy atom. The van der Waals surface area contributed by atoms with Crippen molar-refractivity contribution in [3.8, 4) is 5.75 Å². The van der Waals surface area contributed by atoms with Crippen LogP contribution in [0.3, 0.4) is 0 Å². The van der Waals surface area contributed by atoms with Crippen molar-refractivity contribution >= 4 is 5.91 Å². The van der Waals surface area contributed by atoms with Gasteiger partial charge >= 0.3 is 0 Å². The lowest BCUT2D eigenvalue weighted by atomic mass is 9.89. The second-order valence-corrected chi connectivity index (χ2v) is 9.21. The van der Waals surface area contributed by atoms with Crippen LogP contribution in [0.4, 0.5) is 0 Å². The van der Waals surface area contributed by atoms with Gasteiger partial charge < -0.3 is 14.5 Å². The third-order valence-corrected chi connectivity index (χ3v) is 6.85. The molecule has 0 radical (unpaired) electrons. The highest BCUT2D eigenvalue weighted by Gasteiger charge is 2.20. The van der Waals surface area contributed by atoms with Crippen LogP contribution in [0.5, 0.6) is 5.75 Å². The lowest BCUT2D eigenvalue weighted by Crippen LogP contribution is -2.34. The van der Waals surface area contributed by atoms with Crippen molar-refractivity contribution in [2.24, 2.45) is 0 Å². The number of benzene rings is 2. The largest absolute Gasteiger partial charge is 0.494 e. The van der Waals surface area contributed by atoms with Crippen LogP contribution in [-0.4, -0.2) is 48.5 Å². The number of carbonyl (C=O) groups excluding carboxylic acids is 1. The number of rotatable bonds is 6. The van der Waals surface area contributed by atoms with Crippen LogP contribution in [0, 0.1) is 6.92 Å². The molecular formula is C27H36N2O2. The molecule has 2 aliphatic heterocycles. The van der Waals surface area contributed by atoms with E-state index in [-0.39, 0.29) is 5.91 Å². The van der Waals surface area contributed by atoms with Gasteiger partial charge in [0.25, 0.3) is 0 Å². The minimum atomic E-state index is 0.158. The number of fused-ring (bicyclic) bond motifs is 1. The van der Waals surface area contributed by atoms with Crippen LogP contribution >= 0.6 is 0 Å². The molecular weight excluding hydrogens is 384 g/mol. The number of hydrogen-bond donors (Lipinski definition) is 0. The minimum Gasteiger partial charge on any atom is -0.494 e. The van der Waals surface area contributed by atoms with Gasteiger partial charge in [0.05, 0.1) is 6.61 Å². The van der Waals surface area contributed by atoms with Gasteiger partial charge in [-0.05, 0) is 86.9 Å². The Labute approximate surface area is 187 Å². The molecule has 166 valence electrons. The first-order valence-corrected chi connectivity index (χ1v) is 11.9. The van der Waals surface area contributed by atoms with Crippen molar-refractivity contribution in [1.82, 2.24) is 9.80 Å². The predicted octanol–water partition coefficient (Wildman–Crippen LogP) is 4.94. The molecule has 2 aromatic carbocycles. The Balaban J connectivity index is 1.21. The Kier molecular flexibility index (Phi) is 7.29. The summed E-state index contributed by atoms with van der Waals surface area (Å²) in [7, 11) is 0. The van der Waals surface area contributed by atoms with Crippen LogP contribution in [-0.2, 0) is 17.8 Å². The lowest BCUT2D eigenvalue weighted by Gasteiger charge is -2.32. The smallest absolute Gasteiger partial charge is 0.219 e. The van der Waals surface area contributed by atoms with Crippen LogP contribution in [0.25, 0.3) is 0 Å². The highest BCUT2D eigenvalue weighted by atomic mass is 16.5. The van der Waals surface area contributed by atoms with Crippen molar-refractivity contribution in [3.05, 3.63) is 64.7 Å². The molecule has 4 heteroatoms. The molecule has 0 N–H and O–H groups in total. The summed E-state index contributed by atoms with van der Waals surface area (Å²) in [6.07, 6.45) is 5.63. The van der Waals surface area contributed by atoms with Gasteiger partial charge in [-0.3, -0.25) is 4.79 Å². The Hall–Kier alpha value is -2.33. The number of piperidine rings is 1. The highest BCUT2D eigenvalue weighted by Crippen LogP contribution is 2.28. The summed E-state index contributed by atoms with van der Waals surface area (Å²) in [6.45, 7) is 9.60. The summed E-state index contributed by atoms with van der Waals surface area (Å²) in [5.41, 5.74) is 5.47. The molecule has 2 aromatic rings. The first-order valence-electron chi connectivity index (χ1n) is 11.9. The zero-order valence-corrected chi connectivity index (χ0v) is 19.1. The van der Waals surface area contributed by atoms with Crippen molar-refractivity contribution in [1.29, 1.82) is 0 Å². The first-order chi connectivity index (χ1) is 15.1. The van der Waals surface area contributed by atoms with Crippen molar-refractivity contribution in [3.63, 3.8) is 0 Å². The number of aryl methyl sites for hydroxylation is 2. The number of hydrogen-bond acceptors (Lipinski definition) is 3. The minimum absolute atomic E-state index is 0.158. The van der Waals surface area contributed by atoms with Gasteiger partial charge in [0.1, 0.15) is 5.75 Å². The van der Waals surface area contributed by atoms with E-state index in [0.29, 0.717) is 12.5 Å². The van der Waals surface area contributed by atoms with Gasteiger partial charge in [-0.2, -0.15) is 0 Å². The van der Waals surface area contributed by atoms with Crippen molar-refractivity contribution in [2.45, 2.75) is 58.4 Å². The first kappa shape index (κ1) is 21.9. The summed E-state index contributed by atoms with van der Waals surface area (Å²) >= 11 is 0. The fourth-order valence-electron chi connectivity index (χ4n) is 4.99. The molecule has 0 aromatic heterocycles. The van der Waals surface area contributed by atoms with Crippen LogP contribution < -0.4 is 4.74 Å². The molecule has 0 unspecified atom stereocenters. The molecule has 1 amide bonds. The molecule has 0 saturated carbocycles. The fraction of sp³-hybridized carbons (Fsp3) is 0.519. The predicted molar refractivity (Wildman–Crippen MR) is 126 cm³/mol. The standard InChI is InChI=1S/C27H36N2O2/c1-21-6-3-7-25(18-21)24-11-15-28(16-12-24)13-5-17-31-27-10-9-23-8-4-14-29(22(2)30)20-26(23)19-27/h3,6-7,9-10,18-19,24H,4-5,8,11-17,20H2,1-2H3. The zero-order chi connectivity index (χ0) is 21.6. The van der Waals surface area contributed by atoms with Gasteiger partial charge in [0, 0.05) is 26.6 Å². The second kappa shape index (κ2) is 10.3. The van der Waals surface area contributed by atoms with Crippen molar-refractivity contribution < 1.29 is 9.53 Å². The Bertz CT molecular complexity index is 887. The van der Waals surface area contributed by atoms with Gasteiger partial charge in [-0.1, -0.05) is 35.9 Å². The molecule has 4 nitrogen and oxygen atoms in total. The maximum absolute atomic E-state index is 11.8. The average molecular weight is 421 g/mol. The summed E-state index contributed by atoms with van der Waals surface area (Å²) in [5.74, 6) is 1.80. The normalized spacial score (nSPS) is 17.8. The van der Waals surface area contributed by atoms with E-state index >= 15 is 0 Å². The van der Waals surface area contributed by atoms with Gasteiger partial charge in [-0.15, -0.1) is 0 Å². The molecule has 4 rings (SSSR count). The summed E-state index contributed by atoms with van der Waals surface area (Å²) < 4.78 is 6.07. The molecule has 0 aliphatic carbocycles. The maximum atomic E-state index is 11.8. The molecule has 2 heterocycles. The van der Waals surface area contributed by atoms with E-state index in [1.54, 1.807) is 6.92 Å². The maximum Gasteiger partial charge on any atom is 0.219 e. The van der Waals surface area contributed by atoms with Crippen LogP contribution in [0.1, 0.15) is 60.8 Å². The third kappa shape index (κ3) is 5.88. The lowest BCUT2D eigenvalue weighted by molar-refractivity contribution is -0.129. The number of ether oxygens (including phenoxy) is 1. The zero-order valence-electron chi connectivity index (χ0n) is 19.1. The van der Waals surface area contributed by atoms with E-state index < -0.39 is 0 Å². The summed E-state index contributed by atoms with van der Waals surface area (Å²) in [6, 6.07) is 15.4. The summed E-state index contributed by atoms with van der Waals surface area (Å²) in [5, 5.41) is 0. The van der Waals surface area contributed by atoms with Gasteiger partial charge in [0.2, 0.25) is 5.91 Å². The second-order valence-electron chi connectivity index (χ2n) is 9.21. The van der Waals surface area contributed by atoms with E-state index in [0.717, 1.165) is 44.7 Å². The van der Waals surface area contributed by atoms with Crippen LogP contribution in [0.15, 0.2) is 42.5 Å². The van der Waals surface area contributed by atoms with Crippen LogP contribution in [0.2, 0.25) is 0 Å². The van der Waals surface area contributed by atoms with E-state index in [1.807, 2.05) is 4.90 Å². The monoisotopic (exact) mass is 420 g/mol. The SMILES string of the molecule is CC(=O)N1CCCc2ccc(OCCCN3CCC(c4cccc(C)c4)CC3)cc2C1. The van der Waals surface area contributed by atoms with Gasteiger partial charge in [0.15, 0.2) is 0 Å². The molecule has 0 spiro atoms. The third-order valence-electron chi connectivity index (χ3n) is 6.85. The number of likely N-dealkylation sites (tertiary alicyclic amines) is 1. The molecule has 0 bridgehead atoms. The number of carbonyl (C=O) groups is 1. The Morgan fingerprint density at radius 3 is 2.68 bits per heavy atom. The van der Waals surface area contributed by atoms with Crippen molar-refractivity contribution in [2.75, 3.05) is 32.8 Å². The van der Waals surface area contributed by atoms with E-state index in [4.69, 9.17) is 4.74 Å². The molecule has 1 saturated heterocycles. The fourth-order valence-corrected chi connectivity index (χ4v) is 4.99. The summed E-state index contributed by atoms with van der Waals surface area (Å²) in [4.78, 5) is 16.3.